The molecule has 0 aliphatic rings. The average molecular weight is 193 g/mol. The van der Waals surface area contributed by atoms with Crippen molar-refractivity contribution in [1.29, 1.82) is 0 Å². The number of aliphatic carboxylic acids is 1. The standard InChI is InChI=1S/C11H15NO2/c1-3-9-4-6-10(7-5-9)12(2)8-11(13)14/h4-7H,3,8H2,1-2H3,(H,13,14). The number of aryl methyl sites for hydroxylation is 1. The molecule has 1 rings (SSSR count). The van der Waals surface area contributed by atoms with Gasteiger partial charge in [-0.25, -0.2) is 0 Å². The number of carboxylic acids is 1. The highest BCUT2D eigenvalue weighted by Crippen LogP contribution is 2.13. The fraction of sp³-hybridized carbons (Fsp3) is 0.364. The third-order valence-corrected chi connectivity index (χ3v) is 2.16. The molecule has 0 bridgehead atoms. The molecule has 1 N–H and O–H groups in total. The maximum Gasteiger partial charge on any atom is 0.323 e. The minimum absolute atomic E-state index is 0.0332. The first kappa shape index (κ1) is 10.6. The Morgan fingerprint density at radius 3 is 2.36 bits per heavy atom. The van der Waals surface area contributed by atoms with E-state index in [1.54, 1.807) is 11.9 Å². The highest BCUT2D eigenvalue weighted by molar-refractivity contribution is 5.73. The molecule has 0 aliphatic carbocycles. The largest absolute Gasteiger partial charge is 0.480 e. The van der Waals surface area contributed by atoms with Crippen LogP contribution in [0.15, 0.2) is 24.3 Å². The van der Waals surface area contributed by atoms with Crippen LogP contribution in [0, 0.1) is 0 Å². The van der Waals surface area contributed by atoms with Gasteiger partial charge in [0.05, 0.1) is 0 Å². The number of nitrogens with zero attached hydrogens (tertiary/aromatic N) is 1. The first-order chi connectivity index (χ1) is 6.63. The summed E-state index contributed by atoms with van der Waals surface area (Å²) in [5, 5.41) is 8.60. The molecule has 0 spiro atoms. The van der Waals surface area contributed by atoms with Crippen LogP contribution in [-0.4, -0.2) is 24.7 Å². The van der Waals surface area contributed by atoms with Crippen LogP contribution in [0.5, 0.6) is 0 Å². The molecular formula is C11H15NO2. The minimum Gasteiger partial charge on any atom is -0.480 e. The van der Waals surface area contributed by atoms with Gasteiger partial charge in [0, 0.05) is 12.7 Å². The van der Waals surface area contributed by atoms with Crippen molar-refractivity contribution in [1.82, 2.24) is 0 Å². The summed E-state index contributed by atoms with van der Waals surface area (Å²) >= 11 is 0. The van der Waals surface area contributed by atoms with Crippen molar-refractivity contribution in [3.63, 3.8) is 0 Å². The van der Waals surface area contributed by atoms with Gasteiger partial charge in [0.2, 0.25) is 0 Å². The minimum atomic E-state index is -0.813. The number of likely N-dealkylation sites (N-methyl/N-ethyl adjacent to an activating group) is 1. The Hall–Kier alpha value is -1.51. The van der Waals surface area contributed by atoms with Crippen molar-refractivity contribution in [2.75, 3.05) is 18.5 Å². The van der Waals surface area contributed by atoms with Crippen LogP contribution >= 0.6 is 0 Å². The van der Waals surface area contributed by atoms with Gasteiger partial charge in [-0.05, 0) is 24.1 Å². The van der Waals surface area contributed by atoms with E-state index in [1.165, 1.54) is 5.56 Å². The van der Waals surface area contributed by atoms with Crippen LogP contribution in [0.3, 0.4) is 0 Å². The predicted molar refractivity (Wildman–Crippen MR) is 56.7 cm³/mol. The zero-order valence-corrected chi connectivity index (χ0v) is 8.53. The molecule has 0 saturated carbocycles. The Kier molecular flexibility index (Phi) is 3.51. The highest BCUT2D eigenvalue weighted by Gasteiger charge is 2.04. The lowest BCUT2D eigenvalue weighted by molar-refractivity contribution is -0.135. The number of hydrogen-bond donors (Lipinski definition) is 1. The number of hydrogen-bond acceptors (Lipinski definition) is 2. The summed E-state index contributed by atoms with van der Waals surface area (Å²) in [6, 6.07) is 7.94. The van der Waals surface area contributed by atoms with E-state index in [2.05, 4.69) is 6.92 Å². The molecule has 0 aromatic heterocycles. The lowest BCUT2D eigenvalue weighted by Crippen LogP contribution is -2.24. The number of rotatable bonds is 4. The molecule has 0 amide bonds. The van der Waals surface area contributed by atoms with Crippen molar-refractivity contribution >= 4 is 11.7 Å². The Labute approximate surface area is 84.0 Å². The molecule has 0 fully saturated rings. The zero-order chi connectivity index (χ0) is 10.6. The zero-order valence-electron chi connectivity index (χ0n) is 8.53. The summed E-state index contributed by atoms with van der Waals surface area (Å²) in [7, 11) is 1.77. The van der Waals surface area contributed by atoms with Gasteiger partial charge in [-0.3, -0.25) is 4.79 Å². The fourth-order valence-electron chi connectivity index (χ4n) is 1.28. The van der Waals surface area contributed by atoms with Gasteiger partial charge in [0.15, 0.2) is 0 Å². The molecule has 0 atom stereocenters. The van der Waals surface area contributed by atoms with Crippen LogP contribution < -0.4 is 4.90 Å². The third-order valence-electron chi connectivity index (χ3n) is 2.16. The predicted octanol–water partition coefficient (Wildman–Crippen LogP) is 1.77. The van der Waals surface area contributed by atoms with Crippen molar-refractivity contribution in [3.05, 3.63) is 29.8 Å². The number of anilines is 1. The number of carboxylic acid groups (broad SMARTS) is 1. The maximum absolute atomic E-state index is 10.5. The van der Waals surface area contributed by atoms with Crippen molar-refractivity contribution in [2.24, 2.45) is 0 Å². The molecule has 0 saturated heterocycles. The lowest BCUT2D eigenvalue weighted by Gasteiger charge is -2.16. The summed E-state index contributed by atoms with van der Waals surface area (Å²) in [6.45, 7) is 2.13. The molecule has 3 heteroatoms. The van der Waals surface area contributed by atoms with Crippen LogP contribution in [0.1, 0.15) is 12.5 Å². The molecule has 1 aromatic carbocycles. The van der Waals surface area contributed by atoms with Gasteiger partial charge in [-0.2, -0.15) is 0 Å². The van der Waals surface area contributed by atoms with Gasteiger partial charge in [0.1, 0.15) is 6.54 Å². The second-order valence-corrected chi connectivity index (χ2v) is 3.27. The first-order valence-electron chi connectivity index (χ1n) is 4.65. The number of carbonyl (C=O) groups is 1. The van der Waals surface area contributed by atoms with Crippen molar-refractivity contribution in [2.45, 2.75) is 13.3 Å². The molecule has 0 heterocycles. The molecule has 14 heavy (non-hydrogen) atoms. The Balaban J connectivity index is 2.71. The second-order valence-electron chi connectivity index (χ2n) is 3.27. The van der Waals surface area contributed by atoms with Gasteiger partial charge < -0.3 is 10.0 Å². The van der Waals surface area contributed by atoms with E-state index in [1.807, 2.05) is 24.3 Å². The van der Waals surface area contributed by atoms with Gasteiger partial charge in [-0.1, -0.05) is 19.1 Å². The van der Waals surface area contributed by atoms with E-state index >= 15 is 0 Å². The van der Waals surface area contributed by atoms with Crippen LogP contribution in [0.4, 0.5) is 5.69 Å². The topological polar surface area (TPSA) is 40.5 Å². The first-order valence-corrected chi connectivity index (χ1v) is 4.65. The summed E-state index contributed by atoms with van der Waals surface area (Å²) in [5.74, 6) is -0.813. The molecule has 3 nitrogen and oxygen atoms in total. The van der Waals surface area contributed by atoms with E-state index in [-0.39, 0.29) is 6.54 Å². The quantitative estimate of drug-likeness (QED) is 0.792. The molecule has 0 radical (unpaired) electrons. The number of benzene rings is 1. The average Bonchev–Trinajstić information content (AvgIpc) is 2.17. The summed E-state index contributed by atoms with van der Waals surface area (Å²) in [4.78, 5) is 12.2. The Morgan fingerprint density at radius 2 is 1.93 bits per heavy atom. The van der Waals surface area contributed by atoms with E-state index < -0.39 is 5.97 Å². The molecule has 0 unspecified atom stereocenters. The summed E-state index contributed by atoms with van der Waals surface area (Å²) in [5.41, 5.74) is 2.20. The molecule has 1 aromatic rings. The molecule has 0 aliphatic heterocycles. The molecule has 76 valence electrons. The monoisotopic (exact) mass is 193 g/mol. The van der Waals surface area contributed by atoms with E-state index in [4.69, 9.17) is 5.11 Å². The van der Waals surface area contributed by atoms with Crippen LogP contribution in [-0.2, 0) is 11.2 Å². The highest BCUT2D eigenvalue weighted by atomic mass is 16.4. The molecular weight excluding hydrogens is 178 g/mol. The summed E-state index contributed by atoms with van der Waals surface area (Å²) < 4.78 is 0. The normalized spacial score (nSPS) is 9.86. The third kappa shape index (κ3) is 2.76. The van der Waals surface area contributed by atoms with Crippen LogP contribution in [0.25, 0.3) is 0 Å². The fourth-order valence-corrected chi connectivity index (χ4v) is 1.28. The summed E-state index contributed by atoms with van der Waals surface area (Å²) in [6.07, 6.45) is 1.00. The smallest absolute Gasteiger partial charge is 0.323 e. The van der Waals surface area contributed by atoms with E-state index in [0.29, 0.717) is 0 Å². The van der Waals surface area contributed by atoms with Crippen molar-refractivity contribution in [3.8, 4) is 0 Å². The maximum atomic E-state index is 10.5. The van der Waals surface area contributed by atoms with Crippen LogP contribution in [0.2, 0.25) is 0 Å². The second kappa shape index (κ2) is 4.65. The lowest BCUT2D eigenvalue weighted by atomic mass is 10.1. The Bertz CT molecular complexity index is 306. The van der Waals surface area contributed by atoms with Gasteiger partial charge in [-0.15, -0.1) is 0 Å². The van der Waals surface area contributed by atoms with E-state index in [9.17, 15) is 4.79 Å². The van der Waals surface area contributed by atoms with E-state index in [0.717, 1.165) is 12.1 Å². The SMILES string of the molecule is CCc1ccc(N(C)CC(=O)O)cc1. The van der Waals surface area contributed by atoms with Gasteiger partial charge >= 0.3 is 5.97 Å². The van der Waals surface area contributed by atoms with Crippen molar-refractivity contribution < 1.29 is 9.90 Å². The Morgan fingerprint density at radius 1 is 1.36 bits per heavy atom. The van der Waals surface area contributed by atoms with Gasteiger partial charge in [0.25, 0.3) is 0 Å².